The van der Waals surface area contributed by atoms with Gasteiger partial charge in [0.25, 0.3) is 5.56 Å². The summed E-state index contributed by atoms with van der Waals surface area (Å²) in [6.07, 6.45) is 6.37. The van der Waals surface area contributed by atoms with Gasteiger partial charge in [0, 0.05) is 12.3 Å². The second-order valence-electron chi connectivity index (χ2n) is 12.0. The Morgan fingerprint density at radius 1 is 1.00 bits per heavy atom. The zero-order chi connectivity index (χ0) is 31.4. The molecule has 0 saturated heterocycles. The van der Waals surface area contributed by atoms with Gasteiger partial charge in [0.1, 0.15) is 5.52 Å². The van der Waals surface area contributed by atoms with Crippen molar-refractivity contribution in [2.45, 2.75) is 72.2 Å². The van der Waals surface area contributed by atoms with Gasteiger partial charge in [0.2, 0.25) is 5.75 Å². The molecule has 0 fully saturated rings. The van der Waals surface area contributed by atoms with E-state index in [1.807, 2.05) is 22.8 Å². The van der Waals surface area contributed by atoms with Crippen molar-refractivity contribution in [3.63, 3.8) is 0 Å². The van der Waals surface area contributed by atoms with E-state index >= 15 is 0 Å². The molecule has 0 spiro atoms. The van der Waals surface area contributed by atoms with E-state index in [0.29, 0.717) is 59.1 Å². The molecular weight excluding hydrogens is 654 g/mol. The van der Waals surface area contributed by atoms with Crippen LogP contribution in [0.5, 0.6) is 17.2 Å². The predicted molar refractivity (Wildman–Crippen MR) is 194 cm³/mol. The number of allylic oxidation sites excluding steroid dienone is 2. The van der Waals surface area contributed by atoms with Crippen molar-refractivity contribution in [3.8, 4) is 17.2 Å². The fraction of sp³-hybridized carbons (Fsp3) is 0.543. The molecule has 1 aromatic heterocycles. The van der Waals surface area contributed by atoms with Crippen LogP contribution in [0.1, 0.15) is 59.4 Å². The number of nitrogens with zero attached hydrogens (tertiary/aromatic N) is 3. The summed E-state index contributed by atoms with van der Waals surface area (Å²) in [4.78, 5) is 18.9. The summed E-state index contributed by atoms with van der Waals surface area (Å²) in [5.74, 6) is 2.46. The second-order valence-corrected chi connectivity index (χ2v) is 12.9. The third-order valence-corrected chi connectivity index (χ3v) is 8.52. The summed E-state index contributed by atoms with van der Waals surface area (Å²) in [7, 11) is 9.09. The largest absolute Gasteiger partial charge is 0.493 e. The maximum absolute atomic E-state index is 13.9. The minimum absolute atomic E-state index is 0. The summed E-state index contributed by atoms with van der Waals surface area (Å²) in [5.41, 5.74) is 2.88. The van der Waals surface area contributed by atoms with E-state index in [4.69, 9.17) is 23.9 Å². The minimum atomic E-state index is -0.0880. The summed E-state index contributed by atoms with van der Waals surface area (Å²) < 4.78 is 25.4. The molecule has 0 bridgehead atoms. The number of methoxy groups -OCH3 is 3. The summed E-state index contributed by atoms with van der Waals surface area (Å²) in [6, 6.07) is 12.0. The first-order valence-corrected chi connectivity index (χ1v) is 16.0. The Balaban J connectivity index is 0.00000506. The molecule has 0 aliphatic heterocycles. The van der Waals surface area contributed by atoms with E-state index in [2.05, 4.69) is 53.1 Å². The highest BCUT2D eigenvalue weighted by atomic mass is 79.9. The molecule has 0 saturated carbocycles. The number of fused-ring (bicyclic) bond motifs is 1. The van der Waals surface area contributed by atoms with Gasteiger partial charge in [-0.05, 0) is 50.7 Å². The molecule has 0 aliphatic rings. The van der Waals surface area contributed by atoms with Gasteiger partial charge in [-0.15, -0.1) is 17.0 Å². The standard InChI is InChI=1S/C34H50N3O5S.CH4.BrH/c1-25(2)20-26(3)23-43-34-35-30-28(21-29(39-6)31(40-7)32(30)41-8)33(38)36(34)18-14-9-10-15-19-37(4,5)24-42-22-27-16-12-11-13-17-27;;/h11-13,16-17,20-21,26H,9-10,14-15,18-19,22-24H2,1-8H3;1H4;1H/q+1;;. The average Bonchev–Trinajstić information content (AvgIpc) is 2.97. The number of rotatable bonds is 18. The zero-order valence-corrected chi connectivity index (χ0v) is 30.2. The first-order valence-electron chi connectivity index (χ1n) is 15.0. The third-order valence-electron chi connectivity index (χ3n) is 7.26. The summed E-state index contributed by atoms with van der Waals surface area (Å²) in [5, 5.41) is 1.16. The lowest BCUT2D eigenvalue weighted by atomic mass is 10.1. The normalized spacial score (nSPS) is 11.7. The SMILES string of the molecule is Br.C.COc1cc2c(=O)n(CCCCCC[N+](C)(C)COCc3ccccc3)c(SCC(C)C=C(C)C)nc2c(OC)c1OC. The van der Waals surface area contributed by atoms with E-state index < -0.39 is 0 Å². The van der Waals surface area contributed by atoms with Crippen LogP contribution in [0, 0.1) is 5.92 Å². The van der Waals surface area contributed by atoms with E-state index in [0.717, 1.165) is 42.5 Å². The minimum Gasteiger partial charge on any atom is -0.493 e. The Bertz CT molecular complexity index is 1410. The van der Waals surface area contributed by atoms with E-state index in [1.54, 1.807) is 39.2 Å². The highest BCUT2D eigenvalue weighted by Gasteiger charge is 2.22. The van der Waals surface area contributed by atoms with Gasteiger partial charge < -0.3 is 23.4 Å². The van der Waals surface area contributed by atoms with Crippen LogP contribution in [-0.4, -0.2) is 68.5 Å². The van der Waals surface area contributed by atoms with E-state index in [1.165, 1.54) is 11.1 Å². The fourth-order valence-electron chi connectivity index (χ4n) is 5.15. The molecule has 45 heavy (non-hydrogen) atoms. The Labute approximate surface area is 285 Å². The van der Waals surface area contributed by atoms with Crippen molar-refractivity contribution in [3.05, 3.63) is 64.0 Å². The molecule has 1 heterocycles. The number of hydrogen-bond donors (Lipinski definition) is 0. The number of aromatic nitrogens is 2. The van der Waals surface area contributed by atoms with Crippen molar-refractivity contribution in [1.29, 1.82) is 0 Å². The lowest BCUT2D eigenvalue weighted by Crippen LogP contribution is -2.42. The Hall–Kier alpha value is -2.53. The van der Waals surface area contributed by atoms with Crippen LogP contribution in [0.15, 0.2) is 58.0 Å². The molecule has 10 heteroatoms. The van der Waals surface area contributed by atoms with Crippen molar-refractivity contribution in [2.24, 2.45) is 5.92 Å². The molecule has 3 aromatic rings. The van der Waals surface area contributed by atoms with Crippen LogP contribution in [0.3, 0.4) is 0 Å². The van der Waals surface area contributed by atoms with Gasteiger partial charge >= 0.3 is 0 Å². The molecule has 0 radical (unpaired) electrons. The fourth-order valence-corrected chi connectivity index (χ4v) is 6.14. The number of thioether (sulfide) groups is 1. The number of benzene rings is 2. The summed E-state index contributed by atoms with van der Waals surface area (Å²) >= 11 is 1.61. The predicted octanol–water partition coefficient (Wildman–Crippen LogP) is 8.14. The molecule has 0 amide bonds. The number of ether oxygens (including phenoxy) is 4. The van der Waals surface area contributed by atoms with Crippen molar-refractivity contribution < 1.29 is 23.4 Å². The van der Waals surface area contributed by atoms with E-state index in [9.17, 15) is 4.79 Å². The number of halogens is 1. The second kappa shape index (κ2) is 19.9. The van der Waals surface area contributed by atoms with Crippen LogP contribution in [0.2, 0.25) is 0 Å². The van der Waals surface area contributed by atoms with Crippen LogP contribution in [0.25, 0.3) is 10.9 Å². The molecule has 1 atom stereocenters. The molecule has 2 aromatic carbocycles. The topological polar surface area (TPSA) is 71.8 Å². The van der Waals surface area contributed by atoms with Gasteiger partial charge in [-0.1, -0.05) is 74.5 Å². The highest BCUT2D eigenvalue weighted by molar-refractivity contribution is 8.93. The quantitative estimate of drug-likeness (QED) is 0.0330. The Morgan fingerprint density at radius 3 is 2.29 bits per heavy atom. The van der Waals surface area contributed by atoms with E-state index in [-0.39, 0.29) is 30.0 Å². The van der Waals surface area contributed by atoms with Crippen LogP contribution >= 0.6 is 28.7 Å². The van der Waals surface area contributed by atoms with Crippen LogP contribution in [0.4, 0.5) is 0 Å². The van der Waals surface area contributed by atoms with Gasteiger partial charge in [0.05, 0.1) is 54.0 Å². The van der Waals surface area contributed by atoms with Crippen molar-refractivity contribution in [1.82, 2.24) is 9.55 Å². The molecule has 0 N–H and O–H groups in total. The smallest absolute Gasteiger partial charge is 0.262 e. The molecular formula is C35H55BrN3O5S+. The molecule has 1 unspecified atom stereocenters. The van der Waals surface area contributed by atoms with Crippen molar-refractivity contribution >= 4 is 39.6 Å². The zero-order valence-electron chi connectivity index (χ0n) is 27.7. The van der Waals surface area contributed by atoms with Gasteiger partial charge in [-0.2, -0.15) is 0 Å². The van der Waals surface area contributed by atoms with Crippen LogP contribution < -0.4 is 19.8 Å². The number of hydrogen-bond acceptors (Lipinski definition) is 7. The summed E-state index contributed by atoms with van der Waals surface area (Å²) in [6.45, 7) is 9.35. The Morgan fingerprint density at radius 2 is 1.67 bits per heavy atom. The molecule has 252 valence electrons. The number of unbranched alkanes of at least 4 members (excludes halogenated alkanes) is 3. The molecule has 0 aliphatic carbocycles. The van der Waals surface area contributed by atoms with Crippen molar-refractivity contribution in [2.75, 3.05) is 54.5 Å². The molecule has 3 rings (SSSR count). The van der Waals surface area contributed by atoms with Gasteiger partial charge in [-0.25, -0.2) is 4.98 Å². The maximum Gasteiger partial charge on any atom is 0.262 e. The Kier molecular flexibility index (Phi) is 17.9. The monoisotopic (exact) mass is 708 g/mol. The molecule has 8 nitrogen and oxygen atoms in total. The highest BCUT2D eigenvalue weighted by Crippen LogP contribution is 2.42. The first-order chi connectivity index (χ1) is 20.6. The van der Waals surface area contributed by atoms with Gasteiger partial charge in [-0.3, -0.25) is 9.36 Å². The lowest BCUT2D eigenvalue weighted by Gasteiger charge is -2.29. The average molecular weight is 710 g/mol. The first kappa shape index (κ1) is 40.5. The number of quaternary nitrogens is 1. The third kappa shape index (κ3) is 12.0. The van der Waals surface area contributed by atoms with Gasteiger partial charge in [0.15, 0.2) is 23.4 Å². The van der Waals surface area contributed by atoms with Crippen LogP contribution in [-0.2, 0) is 17.9 Å². The lowest BCUT2D eigenvalue weighted by molar-refractivity contribution is -0.910. The maximum atomic E-state index is 13.9.